The first-order valence-electron chi connectivity index (χ1n) is 7.23. The van der Waals surface area contributed by atoms with Crippen LogP contribution in [0.2, 0.25) is 0 Å². The molecule has 3 N–H and O–H groups in total. The van der Waals surface area contributed by atoms with Crippen molar-refractivity contribution in [1.29, 1.82) is 0 Å². The summed E-state index contributed by atoms with van der Waals surface area (Å²) in [6, 6.07) is 4.58. The minimum Gasteiger partial charge on any atom is -0.398 e. The van der Waals surface area contributed by atoms with Crippen molar-refractivity contribution in [1.82, 2.24) is 10.2 Å². The molecule has 1 saturated heterocycles. The number of anilines is 1. The quantitative estimate of drug-likeness (QED) is 0.750. The van der Waals surface area contributed by atoms with E-state index in [0.29, 0.717) is 12.0 Å². The molecule has 1 aliphatic rings. The lowest BCUT2D eigenvalue weighted by atomic mass is 9.89. The van der Waals surface area contributed by atoms with Crippen LogP contribution < -0.4 is 11.1 Å². The van der Waals surface area contributed by atoms with Gasteiger partial charge < -0.3 is 11.1 Å². The van der Waals surface area contributed by atoms with Crippen molar-refractivity contribution in [2.45, 2.75) is 26.3 Å². The predicted molar refractivity (Wildman–Crippen MR) is 92.9 cm³/mol. The van der Waals surface area contributed by atoms with Crippen LogP contribution in [0.25, 0.3) is 0 Å². The van der Waals surface area contributed by atoms with Gasteiger partial charge >= 0.3 is 0 Å². The summed E-state index contributed by atoms with van der Waals surface area (Å²) in [5.74, 6) is 0.580. The Labute approximate surface area is 138 Å². The molecule has 1 heterocycles. The van der Waals surface area contributed by atoms with Crippen molar-refractivity contribution in [3.05, 3.63) is 26.6 Å². The van der Waals surface area contributed by atoms with Gasteiger partial charge in [0, 0.05) is 41.2 Å². The summed E-state index contributed by atoms with van der Waals surface area (Å²) in [6.07, 6.45) is 1.15. The van der Waals surface area contributed by atoms with Crippen molar-refractivity contribution in [2.24, 2.45) is 5.92 Å². The first kappa shape index (κ1) is 16.3. The van der Waals surface area contributed by atoms with Crippen LogP contribution in [0.4, 0.5) is 5.69 Å². The minimum absolute atomic E-state index is 0.385. The van der Waals surface area contributed by atoms with E-state index in [4.69, 9.17) is 5.73 Å². The monoisotopic (exact) mass is 403 g/mol. The van der Waals surface area contributed by atoms with E-state index in [9.17, 15) is 0 Å². The Hall–Kier alpha value is -0.100. The normalized spacial score (nSPS) is 19.8. The maximum atomic E-state index is 6.34. The van der Waals surface area contributed by atoms with Gasteiger partial charge in [0.05, 0.1) is 5.69 Å². The summed E-state index contributed by atoms with van der Waals surface area (Å²) in [4.78, 5) is 2.56. The Balaban J connectivity index is 2.40. The average Bonchev–Trinajstić information content (AvgIpc) is 2.45. The molecule has 1 aromatic carbocycles. The third kappa shape index (κ3) is 3.56. The second-order valence-electron chi connectivity index (χ2n) is 5.51. The second kappa shape index (κ2) is 7.25. The number of rotatable bonds is 4. The zero-order chi connectivity index (χ0) is 14.7. The van der Waals surface area contributed by atoms with Crippen LogP contribution in [0.5, 0.6) is 0 Å². The Morgan fingerprint density at radius 1 is 1.30 bits per heavy atom. The molecule has 5 heteroatoms. The van der Waals surface area contributed by atoms with E-state index >= 15 is 0 Å². The molecule has 0 aliphatic carbocycles. The van der Waals surface area contributed by atoms with Crippen LogP contribution in [0, 0.1) is 5.92 Å². The average molecular weight is 405 g/mol. The van der Waals surface area contributed by atoms with Gasteiger partial charge in [0.15, 0.2) is 0 Å². The molecule has 1 fully saturated rings. The fourth-order valence-electron chi connectivity index (χ4n) is 2.90. The highest BCUT2D eigenvalue weighted by Crippen LogP contribution is 2.39. The van der Waals surface area contributed by atoms with E-state index in [1.165, 1.54) is 5.56 Å². The number of nitrogens with zero attached hydrogens (tertiary/aromatic N) is 1. The van der Waals surface area contributed by atoms with E-state index in [0.717, 1.165) is 47.2 Å². The molecular weight excluding hydrogens is 382 g/mol. The molecule has 112 valence electrons. The molecule has 1 unspecified atom stereocenters. The fourth-order valence-corrected chi connectivity index (χ4v) is 4.15. The number of nitrogens with one attached hydrogen (secondary N) is 1. The van der Waals surface area contributed by atoms with E-state index in [2.05, 4.69) is 62.0 Å². The molecule has 0 aromatic heterocycles. The first-order valence-corrected chi connectivity index (χ1v) is 8.82. The van der Waals surface area contributed by atoms with Gasteiger partial charge in [-0.2, -0.15) is 0 Å². The van der Waals surface area contributed by atoms with Crippen LogP contribution in [-0.4, -0.2) is 31.1 Å². The number of piperazine rings is 1. The minimum atomic E-state index is 0.385. The van der Waals surface area contributed by atoms with Gasteiger partial charge in [-0.15, -0.1) is 0 Å². The highest BCUT2D eigenvalue weighted by Gasteiger charge is 2.28. The smallest absolute Gasteiger partial charge is 0.0507 e. The lowest BCUT2D eigenvalue weighted by Crippen LogP contribution is -2.46. The first-order chi connectivity index (χ1) is 9.54. The number of benzene rings is 1. The Morgan fingerprint density at radius 2 is 1.95 bits per heavy atom. The maximum Gasteiger partial charge on any atom is 0.0507 e. The largest absolute Gasteiger partial charge is 0.398 e. The lowest BCUT2D eigenvalue weighted by molar-refractivity contribution is 0.129. The fraction of sp³-hybridized carbons (Fsp3) is 0.600. The van der Waals surface area contributed by atoms with Gasteiger partial charge in [0.1, 0.15) is 0 Å². The lowest BCUT2D eigenvalue weighted by Gasteiger charge is -2.39. The van der Waals surface area contributed by atoms with E-state index in [1.807, 2.05) is 6.07 Å². The third-order valence-corrected chi connectivity index (χ3v) is 5.29. The van der Waals surface area contributed by atoms with E-state index in [-0.39, 0.29) is 0 Å². The van der Waals surface area contributed by atoms with Crippen LogP contribution >= 0.6 is 31.9 Å². The zero-order valence-corrected chi connectivity index (χ0v) is 15.3. The second-order valence-corrected chi connectivity index (χ2v) is 7.28. The summed E-state index contributed by atoms with van der Waals surface area (Å²) in [5, 5.41) is 3.42. The van der Waals surface area contributed by atoms with Gasteiger partial charge in [-0.05, 0) is 39.5 Å². The summed E-state index contributed by atoms with van der Waals surface area (Å²) in [6.45, 7) is 8.85. The maximum absolute atomic E-state index is 6.34. The van der Waals surface area contributed by atoms with Crippen LogP contribution in [-0.2, 0) is 0 Å². The molecule has 0 saturated carbocycles. The van der Waals surface area contributed by atoms with Gasteiger partial charge in [0.25, 0.3) is 0 Å². The number of nitrogens with two attached hydrogens (primary N) is 1. The molecule has 3 nitrogen and oxygen atoms in total. The topological polar surface area (TPSA) is 41.3 Å². The third-order valence-electron chi connectivity index (χ3n) is 4.17. The standard InChI is InChI=1S/C15H23Br2N3/c1-3-10(2)15(20-6-4-19-5-7-20)12-8-11(16)9-13(17)14(12)18/h8-10,15,19H,3-7,18H2,1-2H3/t10?,15-/m1/s1. The molecule has 0 radical (unpaired) electrons. The van der Waals surface area contributed by atoms with E-state index < -0.39 is 0 Å². The van der Waals surface area contributed by atoms with Crippen molar-refractivity contribution in [2.75, 3.05) is 31.9 Å². The van der Waals surface area contributed by atoms with E-state index in [1.54, 1.807) is 0 Å². The van der Waals surface area contributed by atoms with Crippen molar-refractivity contribution in [3.8, 4) is 0 Å². The van der Waals surface area contributed by atoms with Crippen molar-refractivity contribution < 1.29 is 0 Å². The summed E-state index contributed by atoms with van der Waals surface area (Å²) >= 11 is 7.17. The number of nitrogen functional groups attached to an aromatic ring is 1. The van der Waals surface area contributed by atoms with Crippen molar-refractivity contribution in [3.63, 3.8) is 0 Å². The molecule has 1 aliphatic heterocycles. The molecule has 2 atom stereocenters. The highest BCUT2D eigenvalue weighted by molar-refractivity contribution is 9.11. The molecule has 0 bridgehead atoms. The molecule has 2 rings (SSSR count). The van der Waals surface area contributed by atoms with Gasteiger partial charge in [0.2, 0.25) is 0 Å². The SMILES string of the molecule is CCC(C)[C@H](c1cc(Br)cc(Br)c1N)N1CCNCC1. The highest BCUT2D eigenvalue weighted by atomic mass is 79.9. The molecule has 1 aromatic rings. The van der Waals surface area contributed by atoms with Crippen LogP contribution in [0.3, 0.4) is 0 Å². The Bertz CT molecular complexity index is 459. The summed E-state index contributed by atoms with van der Waals surface area (Å²) in [5.41, 5.74) is 8.45. The predicted octanol–water partition coefficient (Wildman–Crippen LogP) is 3.79. The van der Waals surface area contributed by atoms with Gasteiger partial charge in [-0.3, -0.25) is 4.90 Å². The van der Waals surface area contributed by atoms with Crippen LogP contribution in [0.1, 0.15) is 31.9 Å². The molecular formula is C15H23Br2N3. The number of hydrogen-bond donors (Lipinski definition) is 2. The van der Waals surface area contributed by atoms with Gasteiger partial charge in [-0.1, -0.05) is 36.2 Å². The zero-order valence-electron chi connectivity index (χ0n) is 12.1. The molecule has 0 amide bonds. The number of halogens is 2. The summed E-state index contributed by atoms with van der Waals surface area (Å²) in [7, 11) is 0. The summed E-state index contributed by atoms with van der Waals surface area (Å²) < 4.78 is 2.06. The Morgan fingerprint density at radius 3 is 2.55 bits per heavy atom. The van der Waals surface area contributed by atoms with Gasteiger partial charge in [-0.25, -0.2) is 0 Å². The molecule has 0 spiro atoms. The van der Waals surface area contributed by atoms with Crippen LogP contribution in [0.15, 0.2) is 21.1 Å². The Kier molecular flexibility index (Phi) is 5.90. The number of hydrogen-bond acceptors (Lipinski definition) is 3. The van der Waals surface area contributed by atoms with Crippen molar-refractivity contribution >= 4 is 37.5 Å². The molecule has 20 heavy (non-hydrogen) atoms.